The third-order valence-electron chi connectivity index (χ3n) is 4.15. The fraction of sp³-hybridized carbons (Fsp3) is 0.278. The minimum absolute atomic E-state index is 0.257. The lowest BCUT2D eigenvalue weighted by Gasteiger charge is -2.36. The maximum atomic E-state index is 13.0. The van der Waals surface area contributed by atoms with Gasteiger partial charge >= 0.3 is 0 Å². The van der Waals surface area contributed by atoms with Crippen molar-refractivity contribution in [2.75, 3.05) is 31.5 Å². The summed E-state index contributed by atoms with van der Waals surface area (Å²) < 4.78 is 13.0. The molecule has 1 aliphatic heterocycles. The van der Waals surface area contributed by atoms with Crippen LogP contribution in [0.1, 0.15) is 5.56 Å². The first-order valence-corrected chi connectivity index (χ1v) is 9.15. The normalized spacial score (nSPS) is 15.2. The summed E-state index contributed by atoms with van der Waals surface area (Å²) in [5.74, 6) is -0.257. The van der Waals surface area contributed by atoms with Crippen LogP contribution in [-0.2, 0) is 6.54 Å². The number of halogens is 3. The van der Waals surface area contributed by atoms with Crippen molar-refractivity contribution in [3.8, 4) is 0 Å². The Hall–Kier alpha value is -1.40. The molecule has 0 aliphatic carbocycles. The van der Waals surface area contributed by atoms with Crippen LogP contribution in [-0.4, -0.2) is 41.1 Å². The van der Waals surface area contributed by atoms with Crippen LogP contribution in [0.2, 0.25) is 10.0 Å². The van der Waals surface area contributed by atoms with Gasteiger partial charge in [0.05, 0.1) is 10.0 Å². The van der Waals surface area contributed by atoms with Crippen LogP contribution >= 0.6 is 35.4 Å². The Labute approximate surface area is 162 Å². The highest BCUT2D eigenvalue weighted by atomic mass is 35.5. The van der Waals surface area contributed by atoms with Gasteiger partial charge in [-0.15, -0.1) is 0 Å². The topological polar surface area (TPSA) is 18.5 Å². The standard InChI is InChI=1S/C18H18Cl2FN3S/c19-16-6-1-13(11-17(16)20)12-23-7-9-24(10-8-23)18(25)22-15-4-2-14(21)3-5-15/h1-6,11H,7-10,12H2,(H,22,25). The van der Waals surface area contributed by atoms with Crippen LogP contribution < -0.4 is 5.32 Å². The second-order valence-electron chi connectivity index (χ2n) is 5.95. The Morgan fingerprint density at radius 1 is 1.00 bits per heavy atom. The Morgan fingerprint density at radius 2 is 1.68 bits per heavy atom. The van der Waals surface area contributed by atoms with E-state index >= 15 is 0 Å². The predicted molar refractivity (Wildman–Crippen MR) is 106 cm³/mol. The summed E-state index contributed by atoms with van der Waals surface area (Å²) in [6.45, 7) is 4.34. The minimum Gasteiger partial charge on any atom is -0.346 e. The van der Waals surface area contributed by atoms with Gasteiger partial charge in [-0.25, -0.2) is 4.39 Å². The molecule has 25 heavy (non-hydrogen) atoms. The SMILES string of the molecule is Fc1ccc(NC(=S)N2CCN(Cc3ccc(Cl)c(Cl)c3)CC2)cc1. The van der Waals surface area contributed by atoms with E-state index in [0.29, 0.717) is 15.2 Å². The fourth-order valence-electron chi connectivity index (χ4n) is 2.74. The first kappa shape index (κ1) is 18.4. The Balaban J connectivity index is 1.50. The number of thiocarbonyl (C=S) groups is 1. The molecule has 132 valence electrons. The van der Waals surface area contributed by atoms with Crippen LogP contribution in [0.15, 0.2) is 42.5 Å². The molecule has 0 radical (unpaired) electrons. The van der Waals surface area contributed by atoms with Gasteiger partial charge in [-0.2, -0.15) is 0 Å². The number of hydrogen-bond acceptors (Lipinski definition) is 2. The summed E-state index contributed by atoms with van der Waals surface area (Å²) in [6, 6.07) is 11.9. The van der Waals surface area contributed by atoms with Gasteiger partial charge in [0, 0.05) is 38.4 Å². The molecule has 7 heteroatoms. The van der Waals surface area contributed by atoms with Gasteiger partial charge in [0.2, 0.25) is 0 Å². The molecule has 0 atom stereocenters. The van der Waals surface area contributed by atoms with Crippen molar-refractivity contribution in [1.29, 1.82) is 0 Å². The van der Waals surface area contributed by atoms with Crippen molar-refractivity contribution < 1.29 is 4.39 Å². The van der Waals surface area contributed by atoms with E-state index < -0.39 is 0 Å². The van der Waals surface area contributed by atoms with Crippen LogP contribution in [0.25, 0.3) is 0 Å². The zero-order chi connectivity index (χ0) is 17.8. The molecule has 2 aromatic carbocycles. The smallest absolute Gasteiger partial charge is 0.173 e. The molecule has 1 fully saturated rings. The molecule has 0 aromatic heterocycles. The molecule has 0 unspecified atom stereocenters. The average molecular weight is 398 g/mol. The summed E-state index contributed by atoms with van der Waals surface area (Å²) in [5.41, 5.74) is 1.94. The molecule has 1 N–H and O–H groups in total. The molecular weight excluding hydrogens is 380 g/mol. The van der Waals surface area contributed by atoms with E-state index in [1.807, 2.05) is 18.2 Å². The first-order valence-electron chi connectivity index (χ1n) is 7.99. The van der Waals surface area contributed by atoms with E-state index in [1.165, 1.54) is 12.1 Å². The summed E-state index contributed by atoms with van der Waals surface area (Å²) in [4.78, 5) is 4.49. The lowest BCUT2D eigenvalue weighted by Crippen LogP contribution is -2.49. The largest absolute Gasteiger partial charge is 0.346 e. The first-order chi connectivity index (χ1) is 12.0. The predicted octanol–water partition coefficient (Wildman–Crippen LogP) is 4.65. The number of anilines is 1. The van der Waals surface area contributed by atoms with Gasteiger partial charge in [0.25, 0.3) is 0 Å². The zero-order valence-corrected chi connectivity index (χ0v) is 15.8. The zero-order valence-electron chi connectivity index (χ0n) is 13.5. The van der Waals surface area contributed by atoms with E-state index in [0.717, 1.165) is 44.0 Å². The van der Waals surface area contributed by atoms with Gasteiger partial charge in [-0.05, 0) is 54.2 Å². The molecular formula is C18H18Cl2FN3S. The lowest BCUT2D eigenvalue weighted by molar-refractivity contribution is 0.177. The van der Waals surface area contributed by atoms with Crippen LogP contribution in [0.5, 0.6) is 0 Å². The van der Waals surface area contributed by atoms with Crippen molar-refractivity contribution in [2.45, 2.75) is 6.54 Å². The third-order valence-corrected chi connectivity index (χ3v) is 5.24. The quantitative estimate of drug-likeness (QED) is 0.759. The molecule has 0 saturated carbocycles. The molecule has 1 saturated heterocycles. The number of rotatable bonds is 3. The number of nitrogens with zero attached hydrogens (tertiary/aromatic N) is 2. The number of hydrogen-bond donors (Lipinski definition) is 1. The Morgan fingerprint density at radius 3 is 2.32 bits per heavy atom. The molecule has 3 rings (SSSR count). The van der Waals surface area contributed by atoms with E-state index in [1.54, 1.807) is 12.1 Å². The third kappa shape index (κ3) is 5.05. The van der Waals surface area contributed by atoms with Crippen molar-refractivity contribution in [1.82, 2.24) is 9.80 Å². The highest BCUT2D eigenvalue weighted by molar-refractivity contribution is 7.80. The van der Waals surface area contributed by atoms with Crippen LogP contribution in [0.3, 0.4) is 0 Å². The number of nitrogens with one attached hydrogen (secondary N) is 1. The summed E-state index contributed by atoms with van der Waals surface area (Å²) in [7, 11) is 0. The van der Waals surface area contributed by atoms with Crippen LogP contribution in [0, 0.1) is 5.82 Å². The summed E-state index contributed by atoms with van der Waals surface area (Å²) in [5, 5.41) is 4.99. The molecule has 2 aromatic rings. The molecule has 1 heterocycles. The molecule has 0 amide bonds. The molecule has 0 bridgehead atoms. The van der Waals surface area contributed by atoms with Gasteiger partial charge < -0.3 is 10.2 Å². The highest BCUT2D eigenvalue weighted by Crippen LogP contribution is 2.23. The monoisotopic (exact) mass is 397 g/mol. The minimum atomic E-state index is -0.257. The molecule has 3 nitrogen and oxygen atoms in total. The Kier molecular flexibility index (Phi) is 6.12. The number of piperazine rings is 1. The summed E-state index contributed by atoms with van der Waals surface area (Å²) >= 11 is 17.5. The molecule has 0 spiro atoms. The van der Waals surface area contributed by atoms with E-state index in [2.05, 4.69) is 15.1 Å². The van der Waals surface area contributed by atoms with Gasteiger partial charge in [-0.1, -0.05) is 29.3 Å². The van der Waals surface area contributed by atoms with Gasteiger partial charge in [0.15, 0.2) is 5.11 Å². The lowest BCUT2D eigenvalue weighted by atomic mass is 10.2. The molecule has 1 aliphatic rings. The Bertz CT molecular complexity index is 746. The second-order valence-corrected chi connectivity index (χ2v) is 7.15. The van der Waals surface area contributed by atoms with Crippen molar-refractivity contribution in [2.24, 2.45) is 0 Å². The highest BCUT2D eigenvalue weighted by Gasteiger charge is 2.19. The maximum Gasteiger partial charge on any atom is 0.173 e. The summed E-state index contributed by atoms with van der Waals surface area (Å²) in [6.07, 6.45) is 0. The van der Waals surface area contributed by atoms with E-state index in [-0.39, 0.29) is 5.82 Å². The van der Waals surface area contributed by atoms with Crippen LogP contribution in [0.4, 0.5) is 10.1 Å². The van der Waals surface area contributed by atoms with E-state index in [9.17, 15) is 4.39 Å². The second kappa shape index (κ2) is 8.32. The van der Waals surface area contributed by atoms with Crippen molar-refractivity contribution in [3.05, 3.63) is 63.9 Å². The van der Waals surface area contributed by atoms with Crippen molar-refractivity contribution in [3.63, 3.8) is 0 Å². The number of benzene rings is 2. The maximum absolute atomic E-state index is 13.0. The fourth-order valence-corrected chi connectivity index (χ4v) is 3.36. The van der Waals surface area contributed by atoms with Gasteiger partial charge in [-0.3, -0.25) is 4.90 Å². The van der Waals surface area contributed by atoms with Crippen molar-refractivity contribution >= 4 is 46.2 Å². The van der Waals surface area contributed by atoms with E-state index in [4.69, 9.17) is 35.4 Å². The van der Waals surface area contributed by atoms with Gasteiger partial charge in [0.1, 0.15) is 5.82 Å². The average Bonchev–Trinajstić information content (AvgIpc) is 2.61.